The Morgan fingerprint density at radius 1 is 1.12 bits per heavy atom. The molecule has 1 aromatic rings. The van der Waals surface area contributed by atoms with E-state index < -0.39 is 0 Å². The van der Waals surface area contributed by atoms with Crippen LogP contribution in [0.15, 0.2) is 23.2 Å². The van der Waals surface area contributed by atoms with Gasteiger partial charge in [0.15, 0.2) is 5.96 Å². The number of guanidine groups is 1. The number of likely N-dealkylation sites (tertiary alicyclic amines) is 1. The summed E-state index contributed by atoms with van der Waals surface area (Å²) in [5, 5.41) is 6.89. The summed E-state index contributed by atoms with van der Waals surface area (Å²) in [4.78, 5) is 7.51. The molecule has 4 nitrogen and oxygen atoms in total. The zero-order chi connectivity index (χ0) is 17.6. The van der Waals surface area contributed by atoms with Gasteiger partial charge in [-0.2, -0.15) is 0 Å². The highest BCUT2D eigenvalue weighted by Gasteiger charge is 2.34. The van der Waals surface area contributed by atoms with E-state index in [1.807, 2.05) is 0 Å². The van der Waals surface area contributed by atoms with Gasteiger partial charge in [-0.25, -0.2) is 0 Å². The molecule has 1 saturated carbocycles. The fourth-order valence-corrected chi connectivity index (χ4v) is 3.88. The van der Waals surface area contributed by atoms with Crippen LogP contribution in [0.1, 0.15) is 42.9 Å². The van der Waals surface area contributed by atoms with Crippen LogP contribution in [0.2, 0.25) is 0 Å². The molecule has 1 saturated heterocycles. The van der Waals surface area contributed by atoms with Crippen LogP contribution in [0, 0.1) is 19.8 Å². The first-order chi connectivity index (χ1) is 12.1. The molecule has 1 unspecified atom stereocenters. The molecule has 0 aromatic heterocycles. The number of hydrogen-bond donors (Lipinski definition) is 2. The molecule has 2 aliphatic rings. The Balaban J connectivity index is 0.00000243. The highest BCUT2D eigenvalue weighted by Crippen LogP contribution is 2.31. The van der Waals surface area contributed by atoms with Crippen molar-refractivity contribution in [1.82, 2.24) is 15.5 Å². The molecule has 146 valence electrons. The minimum atomic E-state index is 0. The summed E-state index contributed by atoms with van der Waals surface area (Å²) in [6.45, 7) is 11.8. The van der Waals surface area contributed by atoms with Crippen LogP contribution in [-0.4, -0.2) is 49.6 Å². The third-order valence-electron chi connectivity index (χ3n) is 5.22. The van der Waals surface area contributed by atoms with Gasteiger partial charge in [0.05, 0.1) is 0 Å². The van der Waals surface area contributed by atoms with Crippen molar-refractivity contribution >= 4 is 29.9 Å². The number of halogens is 1. The van der Waals surface area contributed by atoms with Gasteiger partial charge in [-0.1, -0.05) is 29.3 Å². The molecule has 1 aromatic carbocycles. The first kappa shape index (κ1) is 21.5. The summed E-state index contributed by atoms with van der Waals surface area (Å²) < 4.78 is 0. The summed E-state index contributed by atoms with van der Waals surface area (Å²) >= 11 is 0. The second-order valence-electron chi connectivity index (χ2n) is 7.77. The van der Waals surface area contributed by atoms with Gasteiger partial charge in [0.25, 0.3) is 0 Å². The van der Waals surface area contributed by atoms with Gasteiger partial charge < -0.3 is 15.5 Å². The van der Waals surface area contributed by atoms with Crippen LogP contribution < -0.4 is 10.6 Å². The summed E-state index contributed by atoms with van der Waals surface area (Å²) in [5.74, 6) is 1.70. The number of nitrogens with one attached hydrogen (secondary N) is 2. The molecule has 2 fully saturated rings. The van der Waals surface area contributed by atoms with Crippen molar-refractivity contribution in [2.45, 2.75) is 52.5 Å². The van der Waals surface area contributed by atoms with E-state index in [-0.39, 0.29) is 24.0 Å². The van der Waals surface area contributed by atoms with Gasteiger partial charge in [-0.05, 0) is 64.5 Å². The normalized spacial score (nSPS) is 20.7. The van der Waals surface area contributed by atoms with Crippen LogP contribution in [0.3, 0.4) is 0 Å². The molecule has 1 aliphatic carbocycles. The second kappa shape index (κ2) is 10.5. The van der Waals surface area contributed by atoms with Crippen molar-refractivity contribution < 1.29 is 0 Å². The van der Waals surface area contributed by atoms with Crippen molar-refractivity contribution in [3.8, 4) is 0 Å². The Morgan fingerprint density at radius 3 is 2.50 bits per heavy atom. The molecule has 0 spiro atoms. The van der Waals surface area contributed by atoms with Gasteiger partial charge in [0.2, 0.25) is 0 Å². The van der Waals surface area contributed by atoms with Gasteiger partial charge in [-0.15, -0.1) is 24.0 Å². The molecule has 3 rings (SSSR count). The van der Waals surface area contributed by atoms with Gasteiger partial charge >= 0.3 is 0 Å². The number of hydrogen-bond acceptors (Lipinski definition) is 2. The van der Waals surface area contributed by atoms with Gasteiger partial charge in [0.1, 0.15) is 0 Å². The number of aliphatic imine (C=N–C) groups is 1. The SMILES string of the molecule is CCNC(=NCC1CCN(C2CC2)C1)NCCc1cc(C)cc(C)c1.I. The van der Waals surface area contributed by atoms with E-state index in [0.717, 1.165) is 44.0 Å². The summed E-state index contributed by atoms with van der Waals surface area (Å²) in [6.07, 6.45) is 5.17. The lowest BCUT2D eigenvalue weighted by Crippen LogP contribution is -2.38. The largest absolute Gasteiger partial charge is 0.357 e. The summed E-state index contributed by atoms with van der Waals surface area (Å²) in [6, 6.07) is 7.70. The topological polar surface area (TPSA) is 39.7 Å². The summed E-state index contributed by atoms with van der Waals surface area (Å²) in [7, 11) is 0. The zero-order valence-electron chi connectivity index (χ0n) is 16.6. The Labute approximate surface area is 176 Å². The molecular weight excluding hydrogens is 435 g/mol. The lowest BCUT2D eigenvalue weighted by atomic mass is 10.1. The lowest BCUT2D eigenvalue weighted by Gasteiger charge is -2.15. The Bertz CT molecular complexity index is 577. The van der Waals surface area contributed by atoms with E-state index in [0.29, 0.717) is 0 Å². The third kappa shape index (κ3) is 6.72. The van der Waals surface area contributed by atoms with E-state index in [1.165, 1.54) is 49.0 Å². The molecular formula is C21H35IN4. The van der Waals surface area contributed by atoms with Crippen molar-refractivity contribution in [3.05, 3.63) is 34.9 Å². The Kier molecular flexibility index (Phi) is 8.67. The molecule has 1 atom stereocenters. The maximum Gasteiger partial charge on any atom is 0.191 e. The first-order valence-corrected chi connectivity index (χ1v) is 9.97. The third-order valence-corrected chi connectivity index (χ3v) is 5.22. The molecule has 0 radical (unpaired) electrons. The Morgan fingerprint density at radius 2 is 1.85 bits per heavy atom. The standard InChI is InChI=1S/C21H34N4.HI/c1-4-22-21(23-9-7-18-12-16(2)11-17(3)13-18)24-14-19-8-10-25(15-19)20-5-6-20;/h11-13,19-20H,4-10,14-15H2,1-3H3,(H2,22,23,24);1H. The van der Waals surface area contributed by atoms with Crippen LogP contribution >= 0.6 is 24.0 Å². The fraction of sp³-hybridized carbons (Fsp3) is 0.667. The lowest BCUT2D eigenvalue weighted by molar-refractivity contribution is 0.315. The highest BCUT2D eigenvalue weighted by atomic mass is 127. The monoisotopic (exact) mass is 470 g/mol. The molecule has 26 heavy (non-hydrogen) atoms. The smallest absolute Gasteiger partial charge is 0.191 e. The minimum absolute atomic E-state index is 0. The summed E-state index contributed by atoms with van der Waals surface area (Å²) in [5.41, 5.74) is 4.09. The number of aryl methyl sites for hydroxylation is 2. The van der Waals surface area contributed by atoms with E-state index in [2.05, 4.69) is 54.5 Å². The van der Waals surface area contributed by atoms with Crippen LogP contribution in [0.25, 0.3) is 0 Å². The molecule has 1 heterocycles. The van der Waals surface area contributed by atoms with E-state index in [4.69, 9.17) is 4.99 Å². The Hall–Kier alpha value is -0.820. The zero-order valence-corrected chi connectivity index (χ0v) is 18.9. The molecule has 1 aliphatic heterocycles. The minimum Gasteiger partial charge on any atom is -0.357 e. The van der Waals surface area contributed by atoms with Gasteiger partial charge in [0, 0.05) is 32.2 Å². The maximum absolute atomic E-state index is 4.84. The van der Waals surface area contributed by atoms with Crippen LogP contribution in [0.4, 0.5) is 0 Å². The van der Waals surface area contributed by atoms with Gasteiger partial charge in [-0.3, -0.25) is 4.99 Å². The van der Waals surface area contributed by atoms with Crippen LogP contribution in [-0.2, 0) is 6.42 Å². The highest BCUT2D eigenvalue weighted by molar-refractivity contribution is 14.0. The average Bonchev–Trinajstić information content (AvgIpc) is 3.30. The van der Waals surface area contributed by atoms with Crippen molar-refractivity contribution in [1.29, 1.82) is 0 Å². The maximum atomic E-state index is 4.84. The first-order valence-electron chi connectivity index (χ1n) is 9.97. The number of nitrogens with zero attached hydrogens (tertiary/aromatic N) is 2. The molecule has 0 amide bonds. The number of rotatable bonds is 7. The van der Waals surface area contributed by atoms with E-state index in [1.54, 1.807) is 0 Å². The second-order valence-corrected chi connectivity index (χ2v) is 7.77. The predicted octanol–water partition coefficient (Wildman–Crippen LogP) is 3.50. The molecule has 5 heteroatoms. The predicted molar refractivity (Wildman–Crippen MR) is 122 cm³/mol. The van der Waals surface area contributed by atoms with Crippen LogP contribution in [0.5, 0.6) is 0 Å². The van der Waals surface area contributed by atoms with E-state index in [9.17, 15) is 0 Å². The van der Waals surface area contributed by atoms with Crippen molar-refractivity contribution in [2.24, 2.45) is 10.9 Å². The van der Waals surface area contributed by atoms with Crippen molar-refractivity contribution in [2.75, 3.05) is 32.7 Å². The quantitative estimate of drug-likeness (QED) is 0.364. The molecule has 0 bridgehead atoms. The molecule has 2 N–H and O–H groups in total. The fourth-order valence-electron chi connectivity index (χ4n) is 3.88. The van der Waals surface area contributed by atoms with E-state index >= 15 is 0 Å². The average molecular weight is 470 g/mol. The van der Waals surface area contributed by atoms with Crippen molar-refractivity contribution in [3.63, 3.8) is 0 Å². The number of benzene rings is 1.